The van der Waals surface area contributed by atoms with E-state index in [-0.39, 0.29) is 11.9 Å². The van der Waals surface area contributed by atoms with Crippen LogP contribution in [0.25, 0.3) is 0 Å². The molecular weight excluding hydrogens is 444 g/mol. The van der Waals surface area contributed by atoms with Crippen LogP contribution in [0, 0.1) is 5.92 Å². The lowest BCUT2D eigenvalue weighted by Crippen LogP contribution is -2.30. The molecule has 1 aliphatic carbocycles. The van der Waals surface area contributed by atoms with Crippen molar-refractivity contribution in [3.63, 3.8) is 0 Å². The van der Waals surface area contributed by atoms with Crippen LogP contribution in [0.15, 0.2) is 46.4 Å². The number of hydrogen-bond donors (Lipinski definition) is 3. The standard InChI is InChI=1S/C18H30N2O3.C8H14O2.C2H6/c1-7-9-13(3)16(23-6)12-11-14(4)17(20-19-5)15(10-8-2)18(21)22;1-10-8(9)7-5-3-2-4-6-7;1-2/h9,11-12,19-20H,7-8,10H2,1-6H3,(H,21,22);7H,2-6H2,1H3;1-2H3/b13-9+,14-11+,16-12+,17-15+;;. The van der Waals surface area contributed by atoms with E-state index < -0.39 is 5.97 Å². The van der Waals surface area contributed by atoms with Crippen LogP contribution in [-0.2, 0) is 19.1 Å². The summed E-state index contributed by atoms with van der Waals surface area (Å²) < 4.78 is 10.0. The highest BCUT2D eigenvalue weighted by molar-refractivity contribution is 5.88. The zero-order valence-corrected chi connectivity index (χ0v) is 23.5. The second kappa shape index (κ2) is 22.0. The van der Waals surface area contributed by atoms with Gasteiger partial charge < -0.3 is 20.0 Å². The number of ether oxygens (including phenoxy) is 2. The van der Waals surface area contributed by atoms with Crippen molar-refractivity contribution in [2.75, 3.05) is 21.3 Å². The first-order valence-corrected chi connectivity index (χ1v) is 12.8. The molecule has 0 amide bonds. The fraction of sp³-hybridized carbons (Fsp3) is 0.643. The summed E-state index contributed by atoms with van der Waals surface area (Å²) in [5, 5.41) is 9.43. The Kier molecular flexibility index (Phi) is 21.7. The molecule has 0 heterocycles. The zero-order chi connectivity index (χ0) is 27.2. The van der Waals surface area contributed by atoms with E-state index in [1.54, 1.807) is 14.2 Å². The van der Waals surface area contributed by atoms with Gasteiger partial charge in [-0.3, -0.25) is 4.79 Å². The zero-order valence-electron chi connectivity index (χ0n) is 23.5. The average molecular weight is 495 g/mol. The first-order valence-electron chi connectivity index (χ1n) is 12.8. The van der Waals surface area contributed by atoms with E-state index in [2.05, 4.69) is 28.6 Å². The molecule has 0 unspecified atom stereocenters. The molecule has 35 heavy (non-hydrogen) atoms. The highest BCUT2D eigenvalue weighted by Gasteiger charge is 2.21. The van der Waals surface area contributed by atoms with E-state index in [0.29, 0.717) is 17.7 Å². The van der Waals surface area contributed by atoms with Gasteiger partial charge in [-0.2, -0.15) is 0 Å². The van der Waals surface area contributed by atoms with E-state index in [1.807, 2.05) is 46.8 Å². The van der Waals surface area contributed by atoms with Gasteiger partial charge in [0.2, 0.25) is 0 Å². The molecule has 0 aromatic heterocycles. The summed E-state index contributed by atoms with van der Waals surface area (Å²) >= 11 is 0. The van der Waals surface area contributed by atoms with E-state index in [4.69, 9.17) is 4.74 Å². The third-order valence-corrected chi connectivity index (χ3v) is 5.45. The van der Waals surface area contributed by atoms with Crippen molar-refractivity contribution in [2.24, 2.45) is 5.92 Å². The van der Waals surface area contributed by atoms with Crippen molar-refractivity contribution >= 4 is 11.9 Å². The number of nitrogens with one attached hydrogen (secondary N) is 2. The minimum atomic E-state index is -0.907. The number of carboxylic acid groups (broad SMARTS) is 1. The molecule has 1 aliphatic rings. The van der Waals surface area contributed by atoms with Gasteiger partial charge in [-0.05, 0) is 56.8 Å². The van der Waals surface area contributed by atoms with E-state index in [0.717, 1.165) is 42.6 Å². The molecule has 1 saturated carbocycles. The Morgan fingerprint density at radius 1 is 0.971 bits per heavy atom. The van der Waals surface area contributed by atoms with E-state index in [9.17, 15) is 14.7 Å². The lowest BCUT2D eigenvalue weighted by Gasteiger charge is -2.18. The lowest BCUT2D eigenvalue weighted by molar-refractivity contribution is -0.146. The number of hydrogen-bond acceptors (Lipinski definition) is 6. The molecule has 0 aliphatic heterocycles. The Bertz CT molecular complexity index is 730. The Morgan fingerprint density at radius 3 is 2.00 bits per heavy atom. The predicted octanol–water partition coefficient (Wildman–Crippen LogP) is 6.45. The summed E-state index contributed by atoms with van der Waals surface area (Å²) in [7, 11) is 4.81. The van der Waals surface area contributed by atoms with Crippen molar-refractivity contribution < 1.29 is 24.2 Å². The quantitative estimate of drug-likeness (QED) is 0.0998. The smallest absolute Gasteiger partial charge is 0.333 e. The highest BCUT2D eigenvalue weighted by atomic mass is 16.5. The summed E-state index contributed by atoms with van der Waals surface area (Å²) in [6.07, 6.45) is 13.7. The van der Waals surface area contributed by atoms with Gasteiger partial charge in [-0.25, -0.2) is 10.2 Å². The molecule has 1 fully saturated rings. The number of rotatable bonds is 11. The Labute approximate surface area is 213 Å². The summed E-state index contributed by atoms with van der Waals surface area (Å²) in [6.45, 7) is 11.9. The van der Waals surface area contributed by atoms with Crippen LogP contribution in [0.2, 0.25) is 0 Å². The number of methoxy groups -OCH3 is 2. The molecule has 7 nitrogen and oxygen atoms in total. The third-order valence-electron chi connectivity index (χ3n) is 5.45. The Balaban J connectivity index is 0. The number of allylic oxidation sites excluding steroid dienone is 5. The van der Waals surface area contributed by atoms with E-state index >= 15 is 0 Å². The topological polar surface area (TPSA) is 96.9 Å². The largest absolute Gasteiger partial charge is 0.497 e. The van der Waals surface area contributed by atoms with Gasteiger partial charge in [-0.15, -0.1) is 0 Å². The highest BCUT2D eigenvalue weighted by Crippen LogP contribution is 2.24. The summed E-state index contributed by atoms with van der Waals surface area (Å²) in [5.74, 6) is 0.0520. The van der Waals surface area contributed by atoms with Crippen LogP contribution in [0.5, 0.6) is 0 Å². The van der Waals surface area contributed by atoms with E-state index in [1.165, 1.54) is 26.4 Å². The van der Waals surface area contributed by atoms with Crippen LogP contribution >= 0.6 is 0 Å². The minimum absolute atomic E-state index is 0.0142. The summed E-state index contributed by atoms with van der Waals surface area (Å²) in [4.78, 5) is 22.4. The average Bonchev–Trinajstić information content (AvgIpc) is 2.88. The SMILES string of the molecule is CC.CC/C=C(C)/C(=C\C=C(C)\C(NNC)=C(\CCC)C(=O)O)OC.COC(=O)C1CCCCC1. The van der Waals surface area contributed by atoms with Gasteiger partial charge >= 0.3 is 11.9 Å². The van der Waals surface area contributed by atoms with Gasteiger partial charge in [0.05, 0.1) is 31.4 Å². The third kappa shape index (κ3) is 14.5. The number of hydrazine groups is 1. The van der Waals surface area contributed by atoms with Crippen LogP contribution in [-0.4, -0.2) is 38.3 Å². The van der Waals surface area contributed by atoms with Crippen LogP contribution in [0.1, 0.15) is 92.9 Å². The van der Waals surface area contributed by atoms with Gasteiger partial charge in [-0.1, -0.05) is 65.5 Å². The maximum absolute atomic E-state index is 11.5. The molecule has 0 aromatic carbocycles. The number of esters is 1. The molecule has 1 rings (SSSR count). The molecule has 0 bridgehead atoms. The first-order chi connectivity index (χ1) is 16.8. The van der Waals surface area contributed by atoms with Crippen molar-refractivity contribution in [3.05, 3.63) is 46.4 Å². The van der Waals surface area contributed by atoms with Crippen LogP contribution in [0.3, 0.4) is 0 Å². The molecule has 0 aromatic rings. The van der Waals surface area contributed by atoms with Gasteiger partial charge in [0.25, 0.3) is 0 Å². The number of aliphatic carboxylic acids is 1. The fourth-order valence-electron chi connectivity index (χ4n) is 3.68. The normalized spacial score (nSPS) is 15.5. The molecule has 0 radical (unpaired) electrons. The maximum Gasteiger partial charge on any atom is 0.333 e. The second-order valence-electron chi connectivity index (χ2n) is 8.02. The lowest BCUT2D eigenvalue weighted by atomic mass is 9.89. The van der Waals surface area contributed by atoms with Crippen molar-refractivity contribution in [1.29, 1.82) is 0 Å². The molecule has 7 heteroatoms. The van der Waals surface area contributed by atoms with Crippen molar-refractivity contribution in [2.45, 2.75) is 92.9 Å². The number of carbonyl (C=O) groups is 2. The molecule has 0 saturated heterocycles. The van der Waals surface area contributed by atoms with Crippen LogP contribution in [0.4, 0.5) is 0 Å². The second-order valence-corrected chi connectivity index (χ2v) is 8.02. The molecule has 0 atom stereocenters. The number of carbonyl (C=O) groups excluding carboxylic acids is 1. The molecular formula is C28H50N2O5. The predicted molar refractivity (Wildman–Crippen MR) is 145 cm³/mol. The van der Waals surface area contributed by atoms with Crippen LogP contribution < -0.4 is 10.9 Å². The van der Waals surface area contributed by atoms with Gasteiger partial charge in [0, 0.05) is 7.05 Å². The summed E-state index contributed by atoms with van der Waals surface area (Å²) in [5.41, 5.74) is 8.58. The van der Waals surface area contributed by atoms with Gasteiger partial charge in [0.1, 0.15) is 5.76 Å². The van der Waals surface area contributed by atoms with Crippen molar-refractivity contribution in [3.8, 4) is 0 Å². The van der Waals surface area contributed by atoms with Crippen molar-refractivity contribution in [1.82, 2.24) is 10.9 Å². The molecule has 202 valence electrons. The Hall–Kier alpha value is -2.54. The first kappa shape index (κ1) is 34.6. The van der Waals surface area contributed by atoms with Gasteiger partial charge in [0.15, 0.2) is 0 Å². The fourth-order valence-corrected chi connectivity index (χ4v) is 3.68. The Morgan fingerprint density at radius 2 is 1.57 bits per heavy atom. The minimum Gasteiger partial charge on any atom is -0.497 e. The molecule has 3 N–H and O–H groups in total. The maximum atomic E-state index is 11.5. The number of carboxylic acids is 1. The monoisotopic (exact) mass is 494 g/mol. The summed E-state index contributed by atoms with van der Waals surface area (Å²) in [6, 6.07) is 0. The molecule has 0 spiro atoms.